The average Bonchev–Trinajstić information content (AvgIpc) is 3.14. The Kier molecular flexibility index (Phi) is 5.31. The molecule has 0 aliphatic heterocycles. The molecule has 132 valence electrons. The fourth-order valence-electron chi connectivity index (χ4n) is 3.17. The van der Waals surface area contributed by atoms with Gasteiger partial charge in [-0.25, -0.2) is 4.98 Å². The van der Waals surface area contributed by atoms with Crippen LogP contribution in [0.1, 0.15) is 34.4 Å². The van der Waals surface area contributed by atoms with E-state index >= 15 is 0 Å². The molecule has 0 aliphatic carbocycles. The number of benzene rings is 1. The summed E-state index contributed by atoms with van der Waals surface area (Å²) in [5, 5.41) is 17.3. The molecule has 2 N–H and O–H groups in total. The number of aromatic nitrogens is 4. The summed E-state index contributed by atoms with van der Waals surface area (Å²) in [7, 11) is 2.01. The second kappa shape index (κ2) is 7.63. The van der Waals surface area contributed by atoms with Gasteiger partial charge < -0.3 is 9.67 Å². The van der Waals surface area contributed by atoms with E-state index in [-0.39, 0.29) is 12.6 Å². The van der Waals surface area contributed by atoms with Crippen molar-refractivity contribution in [3.05, 3.63) is 71.1 Å². The molecule has 0 fully saturated rings. The standard InChI is InChI=1S/C19H25N5O/c1-14-17(15(2)24(22-14)11-12-25)13-21-18(16-7-5-4-6-8-16)19-20-9-10-23(19)3/h4-10,18,21,25H,11-13H2,1-3H3/t18-/m0/s1. The Morgan fingerprint density at radius 2 is 1.96 bits per heavy atom. The Morgan fingerprint density at radius 3 is 2.60 bits per heavy atom. The molecular weight excluding hydrogens is 314 g/mol. The van der Waals surface area contributed by atoms with Gasteiger partial charge in [0.25, 0.3) is 0 Å². The summed E-state index contributed by atoms with van der Waals surface area (Å²) in [5.41, 5.74) is 4.43. The highest BCUT2D eigenvalue weighted by atomic mass is 16.3. The van der Waals surface area contributed by atoms with Gasteiger partial charge in [-0.2, -0.15) is 5.10 Å². The van der Waals surface area contributed by atoms with E-state index in [0.717, 1.165) is 17.2 Å². The maximum Gasteiger partial charge on any atom is 0.130 e. The van der Waals surface area contributed by atoms with Gasteiger partial charge >= 0.3 is 0 Å². The van der Waals surface area contributed by atoms with Crippen LogP contribution in [0.2, 0.25) is 0 Å². The summed E-state index contributed by atoms with van der Waals surface area (Å²) in [5.74, 6) is 0.976. The van der Waals surface area contributed by atoms with Crippen molar-refractivity contribution in [3.8, 4) is 0 Å². The fourth-order valence-corrected chi connectivity index (χ4v) is 3.17. The molecular formula is C19H25N5O. The highest BCUT2D eigenvalue weighted by molar-refractivity contribution is 5.28. The molecule has 6 heteroatoms. The molecule has 0 amide bonds. The minimum atomic E-state index is 0.00110. The molecule has 25 heavy (non-hydrogen) atoms. The first kappa shape index (κ1) is 17.4. The SMILES string of the molecule is Cc1nn(CCO)c(C)c1CN[C@@H](c1ccccc1)c1nccn1C. The topological polar surface area (TPSA) is 67.9 Å². The molecule has 2 aromatic heterocycles. The number of aliphatic hydroxyl groups is 1. The predicted octanol–water partition coefficient (Wildman–Crippen LogP) is 2.10. The van der Waals surface area contributed by atoms with Crippen LogP contribution in [-0.2, 0) is 20.1 Å². The van der Waals surface area contributed by atoms with E-state index in [0.29, 0.717) is 13.1 Å². The molecule has 0 saturated heterocycles. The highest BCUT2D eigenvalue weighted by Crippen LogP contribution is 2.22. The lowest BCUT2D eigenvalue weighted by atomic mass is 10.1. The molecule has 0 unspecified atom stereocenters. The third kappa shape index (κ3) is 3.65. The minimum Gasteiger partial charge on any atom is -0.394 e. The number of nitrogens with one attached hydrogen (secondary N) is 1. The van der Waals surface area contributed by atoms with Crippen LogP contribution < -0.4 is 5.32 Å². The van der Waals surface area contributed by atoms with Gasteiger partial charge in [-0.1, -0.05) is 30.3 Å². The van der Waals surface area contributed by atoms with Crippen LogP contribution in [0.25, 0.3) is 0 Å². The fraction of sp³-hybridized carbons (Fsp3) is 0.368. The summed E-state index contributed by atoms with van der Waals surface area (Å²) in [4.78, 5) is 4.53. The van der Waals surface area contributed by atoms with E-state index < -0.39 is 0 Å². The number of nitrogens with zero attached hydrogens (tertiary/aromatic N) is 4. The van der Waals surface area contributed by atoms with Gasteiger partial charge in [0.1, 0.15) is 5.82 Å². The van der Waals surface area contributed by atoms with Gasteiger partial charge in [0.15, 0.2) is 0 Å². The number of aryl methyl sites for hydroxylation is 2. The van der Waals surface area contributed by atoms with Crippen molar-refractivity contribution in [3.63, 3.8) is 0 Å². The molecule has 0 radical (unpaired) electrons. The van der Waals surface area contributed by atoms with E-state index in [1.54, 1.807) is 0 Å². The van der Waals surface area contributed by atoms with Crippen molar-refractivity contribution < 1.29 is 5.11 Å². The highest BCUT2D eigenvalue weighted by Gasteiger charge is 2.19. The predicted molar refractivity (Wildman–Crippen MR) is 97.1 cm³/mol. The zero-order chi connectivity index (χ0) is 17.8. The lowest BCUT2D eigenvalue weighted by molar-refractivity contribution is 0.267. The Hall–Kier alpha value is -2.44. The first-order valence-electron chi connectivity index (χ1n) is 8.51. The third-order valence-electron chi connectivity index (χ3n) is 4.58. The maximum absolute atomic E-state index is 9.18. The van der Waals surface area contributed by atoms with E-state index in [1.165, 1.54) is 11.1 Å². The first-order chi connectivity index (χ1) is 12.1. The van der Waals surface area contributed by atoms with Gasteiger partial charge in [0.2, 0.25) is 0 Å². The lowest BCUT2D eigenvalue weighted by Crippen LogP contribution is -2.25. The van der Waals surface area contributed by atoms with E-state index in [2.05, 4.69) is 27.5 Å². The van der Waals surface area contributed by atoms with Gasteiger partial charge in [-0.05, 0) is 19.4 Å². The third-order valence-corrected chi connectivity index (χ3v) is 4.58. The first-order valence-corrected chi connectivity index (χ1v) is 8.51. The second-order valence-electron chi connectivity index (χ2n) is 6.22. The van der Waals surface area contributed by atoms with Gasteiger partial charge in [0, 0.05) is 37.2 Å². The van der Waals surface area contributed by atoms with E-state index in [9.17, 15) is 5.11 Å². The molecule has 1 atom stereocenters. The molecule has 3 rings (SSSR count). The lowest BCUT2D eigenvalue weighted by Gasteiger charge is -2.19. The largest absolute Gasteiger partial charge is 0.394 e. The quantitative estimate of drug-likeness (QED) is 0.692. The second-order valence-corrected chi connectivity index (χ2v) is 6.22. The van der Waals surface area contributed by atoms with Crippen LogP contribution in [0, 0.1) is 13.8 Å². The van der Waals surface area contributed by atoms with Crippen LogP contribution in [0.3, 0.4) is 0 Å². The minimum absolute atomic E-state index is 0.00110. The summed E-state index contributed by atoms with van der Waals surface area (Å²) >= 11 is 0. The molecule has 0 aliphatic rings. The van der Waals surface area contributed by atoms with Gasteiger partial charge in [-0.15, -0.1) is 0 Å². The van der Waals surface area contributed by atoms with E-state index in [4.69, 9.17) is 0 Å². The monoisotopic (exact) mass is 339 g/mol. The summed E-state index contributed by atoms with van der Waals surface area (Å²) in [6.45, 7) is 5.36. The van der Waals surface area contributed by atoms with Gasteiger partial charge in [0.05, 0.1) is 24.9 Å². The molecule has 6 nitrogen and oxygen atoms in total. The van der Waals surface area contributed by atoms with Crippen molar-refractivity contribution in [2.75, 3.05) is 6.61 Å². The summed E-state index contributed by atoms with van der Waals surface area (Å²) in [6, 6.07) is 10.3. The number of hydrogen-bond donors (Lipinski definition) is 2. The van der Waals surface area contributed by atoms with Crippen molar-refractivity contribution in [1.82, 2.24) is 24.6 Å². The zero-order valence-electron chi connectivity index (χ0n) is 15.0. The van der Waals surface area contributed by atoms with Crippen LogP contribution in [0.15, 0.2) is 42.7 Å². The molecule has 0 spiro atoms. The number of hydrogen-bond acceptors (Lipinski definition) is 4. The Morgan fingerprint density at radius 1 is 1.20 bits per heavy atom. The summed E-state index contributed by atoms with van der Waals surface area (Å²) < 4.78 is 3.91. The normalized spacial score (nSPS) is 12.5. The molecule has 0 saturated carbocycles. The number of aliphatic hydroxyl groups excluding tert-OH is 1. The summed E-state index contributed by atoms with van der Waals surface area (Å²) in [6.07, 6.45) is 3.78. The van der Waals surface area contributed by atoms with E-state index in [1.807, 2.05) is 60.7 Å². The van der Waals surface area contributed by atoms with Crippen LogP contribution in [0.5, 0.6) is 0 Å². The Labute approximate surface area is 148 Å². The van der Waals surface area contributed by atoms with Crippen LogP contribution in [0.4, 0.5) is 0 Å². The molecule has 0 bridgehead atoms. The molecule has 2 heterocycles. The maximum atomic E-state index is 9.18. The number of imidazole rings is 1. The molecule has 3 aromatic rings. The smallest absolute Gasteiger partial charge is 0.130 e. The van der Waals surface area contributed by atoms with Crippen LogP contribution in [-0.4, -0.2) is 31.0 Å². The van der Waals surface area contributed by atoms with Crippen molar-refractivity contribution in [2.45, 2.75) is 33.0 Å². The van der Waals surface area contributed by atoms with Crippen molar-refractivity contribution >= 4 is 0 Å². The number of rotatable bonds is 7. The van der Waals surface area contributed by atoms with Gasteiger partial charge in [-0.3, -0.25) is 10.00 Å². The Balaban J connectivity index is 1.86. The zero-order valence-corrected chi connectivity index (χ0v) is 15.0. The average molecular weight is 339 g/mol. The molecule has 1 aromatic carbocycles. The van der Waals surface area contributed by atoms with Crippen molar-refractivity contribution in [1.29, 1.82) is 0 Å². The Bertz CT molecular complexity index is 822. The van der Waals surface area contributed by atoms with Crippen molar-refractivity contribution in [2.24, 2.45) is 7.05 Å². The van der Waals surface area contributed by atoms with Crippen LogP contribution >= 0.6 is 0 Å².